The van der Waals surface area contributed by atoms with Crippen molar-refractivity contribution >= 4 is 22.9 Å². The van der Waals surface area contributed by atoms with Gasteiger partial charge in [-0.2, -0.15) is 0 Å². The first kappa shape index (κ1) is 24.4. The molecule has 0 radical (unpaired) electrons. The van der Waals surface area contributed by atoms with Crippen LogP contribution in [0.2, 0.25) is 0 Å². The molecule has 0 atom stereocenters. The molecule has 1 heterocycles. The van der Waals surface area contributed by atoms with E-state index in [1.807, 2.05) is 60.3 Å². The summed E-state index contributed by atoms with van der Waals surface area (Å²) < 4.78 is 41.2. The molecule has 1 saturated heterocycles. The van der Waals surface area contributed by atoms with Gasteiger partial charge >= 0.3 is 5.97 Å². The number of esters is 1. The van der Waals surface area contributed by atoms with Crippen LogP contribution < -0.4 is 14.7 Å². The number of anilines is 2. The molecular formula is C34H47N4O2+. The fraction of sp³-hybridized carbons (Fsp3) is 0.441. The lowest BCUT2D eigenvalue weighted by Gasteiger charge is -2.36. The fourth-order valence-corrected chi connectivity index (χ4v) is 5.14. The third-order valence-electron chi connectivity index (χ3n) is 7.73. The summed E-state index contributed by atoms with van der Waals surface area (Å²) in [6.45, 7) is 3.78. The summed E-state index contributed by atoms with van der Waals surface area (Å²) in [6, 6.07) is 8.21. The Balaban J connectivity index is 1.61. The zero-order valence-electron chi connectivity index (χ0n) is 28.7. The molecular weight excluding hydrogens is 496 g/mol. The smallest absolute Gasteiger partial charge is 0.305 e. The van der Waals surface area contributed by atoms with Crippen LogP contribution in [0.1, 0.15) is 42.3 Å². The summed E-state index contributed by atoms with van der Waals surface area (Å²) in [6.07, 6.45) is 11.6. The maximum absolute atomic E-state index is 11.3. The van der Waals surface area contributed by atoms with E-state index in [1.54, 1.807) is 0 Å². The third kappa shape index (κ3) is 7.86. The van der Waals surface area contributed by atoms with E-state index in [9.17, 15) is 4.79 Å². The molecule has 0 bridgehead atoms. The molecule has 2 aliphatic rings. The van der Waals surface area contributed by atoms with E-state index in [1.165, 1.54) is 12.0 Å². The number of hydrogen-bond donors (Lipinski definition) is 1. The monoisotopic (exact) mass is 547 g/mol. The van der Waals surface area contributed by atoms with Crippen LogP contribution in [-0.4, -0.2) is 84.9 Å². The summed E-state index contributed by atoms with van der Waals surface area (Å²) in [5.74, 6) is -0.166. The largest absolute Gasteiger partial charge is 0.469 e. The number of benzene rings is 2. The number of carbonyl (C=O) groups excluding carboxylic acids is 1. The Morgan fingerprint density at radius 3 is 2.17 bits per heavy atom. The molecule has 2 aromatic carbocycles. The van der Waals surface area contributed by atoms with Gasteiger partial charge in [0.2, 0.25) is 0 Å². The van der Waals surface area contributed by atoms with E-state index in [0.717, 1.165) is 55.7 Å². The van der Waals surface area contributed by atoms with Gasteiger partial charge in [0.05, 0.1) is 26.7 Å². The molecule has 1 fully saturated rings. The van der Waals surface area contributed by atoms with Crippen LogP contribution in [-0.2, 0) is 9.53 Å². The summed E-state index contributed by atoms with van der Waals surface area (Å²) in [5.41, 5.74) is 4.17. The quantitative estimate of drug-likeness (QED) is 0.340. The Hall–Kier alpha value is -3.35. The average molecular weight is 548 g/mol. The van der Waals surface area contributed by atoms with Crippen LogP contribution in [0.5, 0.6) is 0 Å². The second-order valence-corrected chi connectivity index (χ2v) is 11.0. The van der Waals surface area contributed by atoms with Crippen molar-refractivity contribution in [2.24, 2.45) is 0 Å². The van der Waals surface area contributed by atoms with Gasteiger partial charge < -0.3 is 19.4 Å². The molecule has 0 aromatic heterocycles. The molecule has 214 valence electrons. The number of likely N-dealkylation sites (N-methyl/N-ethyl adjacent to an activating group) is 1. The number of ether oxygens (including phenoxy) is 1. The molecule has 0 amide bonds. The number of nitrogens with one attached hydrogen (secondary N) is 1. The molecule has 40 heavy (non-hydrogen) atoms. The number of unbranched alkanes of at least 4 members (excludes halogenated alkanes) is 2. The Morgan fingerprint density at radius 2 is 1.60 bits per heavy atom. The summed E-state index contributed by atoms with van der Waals surface area (Å²) >= 11 is 0. The van der Waals surface area contributed by atoms with Crippen LogP contribution in [0.4, 0.5) is 11.4 Å². The number of nitrogens with zero attached hydrogens (tertiary/aromatic N) is 3. The minimum atomic E-state index is -0.166. The normalized spacial score (nSPS) is 18.8. The van der Waals surface area contributed by atoms with Crippen molar-refractivity contribution in [1.29, 1.82) is 0 Å². The van der Waals surface area contributed by atoms with Gasteiger partial charge in [-0.05, 0) is 78.0 Å². The Bertz CT molecular complexity index is 1370. The van der Waals surface area contributed by atoms with E-state index in [4.69, 9.17) is 10.2 Å². The van der Waals surface area contributed by atoms with Gasteiger partial charge in [0.25, 0.3) is 0 Å². The fourth-order valence-electron chi connectivity index (χ4n) is 5.14. The SMILES string of the molecule is [2H]c1c([2H])c(N2CCN(CCCCCC(=O)OC)CC2)c([2H])c([2H])c1C(=C1C=CC([NH+](C)C)C=C1)c1ccc(N(C)C)cc1. The van der Waals surface area contributed by atoms with Crippen LogP contribution in [0.25, 0.3) is 5.57 Å². The zero-order valence-corrected chi connectivity index (χ0v) is 24.7. The second-order valence-electron chi connectivity index (χ2n) is 11.0. The molecule has 0 spiro atoms. The van der Waals surface area contributed by atoms with E-state index >= 15 is 0 Å². The predicted octanol–water partition coefficient (Wildman–Crippen LogP) is 4.05. The first-order chi connectivity index (χ1) is 21.0. The standard InChI is InChI=1S/C34H46N4O2/c1-35(2)30-16-10-27(11-17-30)34(28-12-18-31(19-13-28)36(3)4)29-14-20-32(21-15-29)38-25-23-37(24-26-38)22-8-6-7-9-33(39)40-5/h10-21,30H,6-9,22-26H2,1-5H3/p+1/i14D,15D,20D,21D. The summed E-state index contributed by atoms with van der Waals surface area (Å²) in [4.78, 5) is 19.0. The highest BCUT2D eigenvalue weighted by atomic mass is 16.5. The highest BCUT2D eigenvalue weighted by Crippen LogP contribution is 2.32. The van der Waals surface area contributed by atoms with Crippen LogP contribution in [0, 0.1) is 0 Å². The minimum absolute atomic E-state index is 0.000321. The molecule has 6 heteroatoms. The number of rotatable bonds is 11. The van der Waals surface area contributed by atoms with E-state index in [2.05, 4.69) is 31.1 Å². The third-order valence-corrected chi connectivity index (χ3v) is 7.73. The van der Waals surface area contributed by atoms with Crippen molar-refractivity contribution < 1.29 is 19.9 Å². The van der Waals surface area contributed by atoms with Crippen molar-refractivity contribution in [2.75, 3.05) is 77.8 Å². The average Bonchev–Trinajstić information content (AvgIpc) is 3.02. The maximum atomic E-state index is 11.3. The van der Waals surface area contributed by atoms with E-state index in [-0.39, 0.29) is 36.2 Å². The summed E-state index contributed by atoms with van der Waals surface area (Å²) in [7, 11) is 9.59. The molecule has 0 saturated carbocycles. The molecule has 1 N–H and O–H groups in total. The molecule has 0 unspecified atom stereocenters. The number of methoxy groups -OCH3 is 1. The zero-order chi connectivity index (χ0) is 32.0. The van der Waals surface area contributed by atoms with Gasteiger partial charge in [0.15, 0.2) is 0 Å². The topological polar surface area (TPSA) is 40.5 Å². The minimum Gasteiger partial charge on any atom is -0.469 e. The first-order valence-electron chi connectivity index (χ1n) is 16.4. The van der Waals surface area contributed by atoms with Crippen molar-refractivity contribution in [3.63, 3.8) is 0 Å². The predicted molar refractivity (Wildman–Crippen MR) is 167 cm³/mol. The van der Waals surface area contributed by atoms with Gasteiger partial charge in [-0.1, -0.05) is 42.8 Å². The van der Waals surface area contributed by atoms with Crippen molar-refractivity contribution in [3.05, 3.63) is 89.4 Å². The lowest BCUT2D eigenvalue weighted by atomic mass is 9.90. The lowest BCUT2D eigenvalue weighted by molar-refractivity contribution is -0.871. The van der Waals surface area contributed by atoms with Crippen LogP contribution in [0.3, 0.4) is 0 Å². The van der Waals surface area contributed by atoms with Crippen molar-refractivity contribution in [2.45, 2.75) is 31.7 Å². The highest BCUT2D eigenvalue weighted by molar-refractivity contribution is 5.86. The second kappa shape index (κ2) is 14.3. The van der Waals surface area contributed by atoms with Crippen molar-refractivity contribution in [1.82, 2.24) is 4.90 Å². The summed E-state index contributed by atoms with van der Waals surface area (Å²) in [5, 5.41) is 0. The van der Waals surface area contributed by atoms with Gasteiger partial charge in [0.1, 0.15) is 6.04 Å². The number of quaternary nitrogens is 1. The van der Waals surface area contributed by atoms with E-state index in [0.29, 0.717) is 36.3 Å². The van der Waals surface area contributed by atoms with E-state index < -0.39 is 0 Å². The van der Waals surface area contributed by atoms with Crippen molar-refractivity contribution in [3.8, 4) is 0 Å². The van der Waals surface area contributed by atoms with Gasteiger partial charge in [-0.3, -0.25) is 9.69 Å². The van der Waals surface area contributed by atoms with Gasteiger partial charge in [-0.25, -0.2) is 0 Å². The molecule has 1 aliphatic heterocycles. The Morgan fingerprint density at radius 1 is 0.950 bits per heavy atom. The Labute approximate surface area is 246 Å². The van der Waals surface area contributed by atoms with Gasteiger partial charge in [-0.15, -0.1) is 0 Å². The molecule has 1 aliphatic carbocycles. The van der Waals surface area contributed by atoms with Crippen LogP contribution in [0.15, 0.2) is 78.3 Å². The molecule has 4 rings (SSSR count). The highest BCUT2D eigenvalue weighted by Gasteiger charge is 2.19. The first-order valence-corrected chi connectivity index (χ1v) is 14.4. The molecule has 2 aromatic rings. The van der Waals surface area contributed by atoms with Crippen LogP contribution >= 0.6 is 0 Å². The number of carbonyl (C=O) groups is 1. The van der Waals surface area contributed by atoms with Gasteiger partial charge in [0, 0.05) is 58.1 Å². The lowest BCUT2D eigenvalue weighted by Crippen LogP contribution is -3.09. The number of allylic oxidation sites excluding steroid dienone is 3. The number of piperazine rings is 1. The number of hydrogen-bond acceptors (Lipinski definition) is 5. The Kier molecular flexibility index (Phi) is 8.76. The molecule has 6 nitrogen and oxygen atoms in total. The maximum Gasteiger partial charge on any atom is 0.305 e.